The first-order chi connectivity index (χ1) is 5.16. The van der Waals surface area contributed by atoms with Crippen molar-refractivity contribution in [3.63, 3.8) is 0 Å². The van der Waals surface area contributed by atoms with Crippen LogP contribution in [0.3, 0.4) is 0 Å². The molecule has 2 N–H and O–H groups in total. The number of rotatable bonds is 2. The molecule has 0 fully saturated rings. The Morgan fingerprint density at radius 3 is 2.91 bits per heavy atom. The van der Waals surface area contributed by atoms with Crippen molar-refractivity contribution < 1.29 is 4.92 Å². The number of nitro groups is 1. The number of anilines is 1. The fourth-order valence-electron chi connectivity index (χ4n) is 0.824. The molecule has 0 aliphatic carbocycles. The van der Waals surface area contributed by atoms with Gasteiger partial charge >= 0.3 is 5.82 Å². The van der Waals surface area contributed by atoms with E-state index >= 15 is 0 Å². The second-order valence-corrected chi connectivity index (χ2v) is 2.00. The normalized spacial score (nSPS) is 9.91. The molecule has 0 saturated carbocycles. The van der Waals surface area contributed by atoms with Crippen molar-refractivity contribution in [2.75, 3.05) is 5.73 Å². The standard InChI is InChI=1S/C5H8N4O2/c1-2-8-5(9(10)11)4(6)3-7-8/h3H,2,6H2,1H3. The highest BCUT2D eigenvalue weighted by Gasteiger charge is 2.17. The van der Waals surface area contributed by atoms with Crippen molar-refractivity contribution in [2.24, 2.45) is 0 Å². The van der Waals surface area contributed by atoms with Gasteiger partial charge < -0.3 is 15.8 Å². The molecule has 0 spiro atoms. The van der Waals surface area contributed by atoms with Crippen LogP contribution in [0.2, 0.25) is 0 Å². The number of nitrogens with zero attached hydrogens (tertiary/aromatic N) is 3. The van der Waals surface area contributed by atoms with Crippen LogP contribution in [0.5, 0.6) is 0 Å². The number of nitrogens with two attached hydrogens (primary N) is 1. The van der Waals surface area contributed by atoms with E-state index in [1.54, 1.807) is 6.92 Å². The number of aryl methyl sites for hydroxylation is 1. The van der Waals surface area contributed by atoms with Gasteiger partial charge in [-0.2, -0.15) is 0 Å². The zero-order valence-corrected chi connectivity index (χ0v) is 6.02. The van der Waals surface area contributed by atoms with Crippen LogP contribution in [-0.2, 0) is 6.54 Å². The summed E-state index contributed by atoms with van der Waals surface area (Å²) in [7, 11) is 0. The van der Waals surface area contributed by atoms with Crippen molar-refractivity contribution >= 4 is 11.5 Å². The van der Waals surface area contributed by atoms with Gasteiger partial charge in [0.2, 0.25) is 0 Å². The predicted octanol–water partition coefficient (Wildman–Crippen LogP) is 0.393. The minimum absolute atomic E-state index is 0.108. The molecule has 6 nitrogen and oxygen atoms in total. The van der Waals surface area contributed by atoms with Crippen LogP contribution in [0.25, 0.3) is 0 Å². The quantitative estimate of drug-likeness (QED) is 0.495. The van der Waals surface area contributed by atoms with Crippen molar-refractivity contribution in [3.8, 4) is 0 Å². The van der Waals surface area contributed by atoms with E-state index in [-0.39, 0.29) is 11.5 Å². The lowest BCUT2D eigenvalue weighted by Gasteiger charge is -1.95. The summed E-state index contributed by atoms with van der Waals surface area (Å²) < 4.78 is 1.25. The molecule has 0 amide bonds. The summed E-state index contributed by atoms with van der Waals surface area (Å²) in [5.74, 6) is -0.132. The van der Waals surface area contributed by atoms with Crippen molar-refractivity contribution in [2.45, 2.75) is 13.5 Å². The Kier molecular flexibility index (Phi) is 1.75. The Labute approximate surface area is 62.8 Å². The van der Waals surface area contributed by atoms with Gasteiger partial charge in [0.1, 0.15) is 12.7 Å². The van der Waals surface area contributed by atoms with E-state index in [4.69, 9.17) is 5.73 Å². The molecule has 1 heterocycles. The average molecular weight is 156 g/mol. The molecular weight excluding hydrogens is 148 g/mol. The first-order valence-electron chi connectivity index (χ1n) is 3.12. The molecular formula is C5H8N4O2. The van der Waals surface area contributed by atoms with Crippen LogP contribution >= 0.6 is 0 Å². The third kappa shape index (κ3) is 1.14. The molecule has 0 bridgehead atoms. The first-order valence-corrected chi connectivity index (χ1v) is 3.12. The summed E-state index contributed by atoms with van der Waals surface area (Å²) in [4.78, 5) is 9.79. The zero-order chi connectivity index (χ0) is 8.43. The van der Waals surface area contributed by atoms with Gasteiger partial charge in [0, 0.05) is 0 Å². The maximum Gasteiger partial charge on any atom is 0.368 e. The Morgan fingerprint density at radius 2 is 2.55 bits per heavy atom. The summed E-state index contributed by atoms with van der Waals surface area (Å²) in [6.45, 7) is 2.22. The van der Waals surface area contributed by atoms with E-state index in [1.807, 2.05) is 0 Å². The van der Waals surface area contributed by atoms with E-state index in [1.165, 1.54) is 10.9 Å². The van der Waals surface area contributed by atoms with E-state index in [0.717, 1.165) is 0 Å². The lowest BCUT2D eigenvalue weighted by atomic mass is 10.5. The van der Waals surface area contributed by atoms with Gasteiger partial charge in [-0.25, -0.2) is 0 Å². The molecule has 1 rings (SSSR count). The van der Waals surface area contributed by atoms with Crippen LogP contribution in [-0.4, -0.2) is 14.7 Å². The zero-order valence-electron chi connectivity index (χ0n) is 6.02. The minimum atomic E-state index is -0.536. The van der Waals surface area contributed by atoms with Gasteiger partial charge in [-0.05, 0) is 11.8 Å². The average Bonchev–Trinajstić information content (AvgIpc) is 2.30. The molecule has 0 unspecified atom stereocenters. The molecule has 0 aliphatic rings. The molecule has 1 aromatic heterocycles. The van der Waals surface area contributed by atoms with Gasteiger partial charge in [0.25, 0.3) is 0 Å². The lowest BCUT2D eigenvalue weighted by Crippen LogP contribution is -2.03. The highest BCUT2D eigenvalue weighted by atomic mass is 16.6. The topological polar surface area (TPSA) is 87.0 Å². The van der Waals surface area contributed by atoms with E-state index in [2.05, 4.69) is 5.10 Å². The highest BCUT2D eigenvalue weighted by Crippen LogP contribution is 2.19. The molecule has 0 radical (unpaired) electrons. The Bertz CT molecular complexity index is 280. The molecule has 11 heavy (non-hydrogen) atoms. The number of hydrogen-bond donors (Lipinski definition) is 1. The fraction of sp³-hybridized carbons (Fsp3) is 0.400. The second kappa shape index (κ2) is 2.57. The van der Waals surface area contributed by atoms with Gasteiger partial charge in [0.15, 0.2) is 5.69 Å². The minimum Gasteiger partial charge on any atom is -0.390 e. The first kappa shape index (κ1) is 7.52. The second-order valence-electron chi connectivity index (χ2n) is 2.00. The monoisotopic (exact) mass is 156 g/mol. The largest absolute Gasteiger partial charge is 0.390 e. The number of nitrogen functional groups attached to an aromatic ring is 1. The molecule has 60 valence electrons. The predicted molar refractivity (Wildman–Crippen MR) is 39.0 cm³/mol. The van der Waals surface area contributed by atoms with Crippen LogP contribution in [0, 0.1) is 10.1 Å². The molecule has 1 aromatic rings. The summed E-state index contributed by atoms with van der Waals surface area (Å²) in [6.07, 6.45) is 1.28. The summed E-state index contributed by atoms with van der Waals surface area (Å²) in [5, 5.41) is 14.0. The molecule has 0 saturated heterocycles. The lowest BCUT2D eigenvalue weighted by molar-refractivity contribution is -0.391. The van der Waals surface area contributed by atoms with Crippen LogP contribution in [0.4, 0.5) is 11.5 Å². The fourth-order valence-corrected chi connectivity index (χ4v) is 0.824. The van der Waals surface area contributed by atoms with Gasteiger partial charge in [0.05, 0.1) is 0 Å². The third-order valence-electron chi connectivity index (χ3n) is 1.31. The number of aromatic nitrogens is 2. The molecule has 0 atom stereocenters. The van der Waals surface area contributed by atoms with Crippen molar-refractivity contribution in [3.05, 3.63) is 16.3 Å². The molecule has 0 aliphatic heterocycles. The Hall–Kier alpha value is -1.59. The van der Waals surface area contributed by atoms with Crippen LogP contribution < -0.4 is 5.73 Å². The Balaban J connectivity index is 3.17. The maximum atomic E-state index is 10.3. The molecule has 6 heteroatoms. The summed E-state index contributed by atoms with van der Waals surface area (Å²) >= 11 is 0. The molecule has 0 aromatic carbocycles. The van der Waals surface area contributed by atoms with Crippen molar-refractivity contribution in [1.82, 2.24) is 9.78 Å². The Morgan fingerprint density at radius 1 is 1.91 bits per heavy atom. The van der Waals surface area contributed by atoms with Gasteiger partial charge in [-0.3, -0.25) is 0 Å². The van der Waals surface area contributed by atoms with E-state index < -0.39 is 4.92 Å². The number of hydrogen-bond acceptors (Lipinski definition) is 4. The summed E-state index contributed by atoms with van der Waals surface area (Å²) in [5.41, 5.74) is 5.40. The highest BCUT2D eigenvalue weighted by molar-refractivity contribution is 5.51. The summed E-state index contributed by atoms with van der Waals surface area (Å²) in [6, 6.07) is 0. The van der Waals surface area contributed by atoms with Crippen LogP contribution in [0.15, 0.2) is 6.20 Å². The van der Waals surface area contributed by atoms with Crippen LogP contribution in [0.1, 0.15) is 6.92 Å². The van der Waals surface area contributed by atoms with Gasteiger partial charge in [-0.15, -0.1) is 4.68 Å². The van der Waals surface area contributed by atoms with Crippen molar-refractivity contribution in [1.29, 1.82) is 0 Å². The van der Waals surface area contributed by atoms with E-state index in [9.17, 15) is 10.1 Å². The smallest absolute Gasteiger partial charge is 0.368 e. The third-order valence-corrected chi connectivity index (χ3v) is 1.31. The SMILES string of the molecule is CCn1ncc(N)c1[N+](=O)[O-]. The van der Waals surface area contributed by atoms with Gasteiger partial charge in [-0.1, -0.05) is 5.10 Å². The maximum absolute atomic E-state index is 10.3. The van der Waals surface area contributed by atoms with E-state index in [0.29, 0.717) is 6.54 Å².